The number of carbonyl (C=O) groups excluding carboxylic acids is 1. The Morgan fingerprint density at radius 2 is 2.00 bits per heavy atom. The molecular formula is C16H13BrN4OS. The maximum Gasteiger partial charge on any atom is 0.234 e. The van der Waals surface area contributed by atoms with E-state index in [0.717, 1.165) is 15.7 Å². The van der Waals surface area contributed by atoms with Crippen molar-refractivity contribution in [3.8, 4) is 11.4 Å². The van der Waals surface area contributed by atoms with Gasteiger partial charge in [0.05, 0.1) is 5.75 Å². The second kappa shape index (κ2) is 7.43. The van der Waals surface area contributed by atoms with E-state index in [1.807, 2.05) is 54.6 Å². The van der Waals surface area contributed by atoms with Gasteiger partial charge in [0, 0.05) is 15.7 Å². The second-order valence-corrected chi connectivity index (χ2v) is 6.54. The minimum Gasteiger partial charge on any atom is -0.325 e. The summed E-state index contributed by atoms with van der Waals surface area (Å²) >= 11 is 4.66. The number of hydrogen-bond donors (Lipinski definition) is 2. The number of anilines is 1. The first-order valence-electron chi connectivity index (χ1n) is 6.87. The van der Waals surface area contributed by atoms with Gasteiger partial charge in [0.15, 0.2) is 5.82 Å². The predicted octanol–water partition coefficient (Wildman–Crippen LogP) is 3.97. The number of thioether (sulfide) groups is 1. The molecule has 7 heteroatoms. The summed E-state index contributed by atoms with van der Waals surface area (Å²) in [7, 11) is 0. The Bertz CT molecular complexity index is 807. The number of benzene rings is 2. The van der Waals surface area contributed by atoms with Crippen LogP contribution < -0.4 is 5.32 Å². The number of amides is 1. The fourth-order valence-corrected chi connectivity index (χ4v) is 2.93. The van der Waals surface area contributed by atoms with E-state index in [2.05, 4.69) is 36.4 Å². The molecule has 2 N–H and O–H groups in total. The fraction of sp³-hybridized carbons (Fsp3) is 0.0625. The molecule has 1 aromatic heterocycles. The van der Waals surface area contributed by atoms with Crippen molar-refractivity contribution in [3.63, 3.8) is 0 Å². The first-order chi connectivity index (χ1) is 11.2. The van der Waals surface area contributed by atoms with E-state index in [1.165, 1.54) is 11.8 Å². The maximum atomic E-state index is 12.0. The average Bonchev–Trinajstić information content (AvgIpc) is 3.03. The average molecular weight is 389 g/mol. The van der Waals surface area contributed by atoms with Crippen molar-refractivity contribution in [2.75, 3.05) is 11.1 Å². The number of carbonyl (C=O) groups is 1. The molecule has 1 heterocycles. The van der Waals surface area contributed by atoms with Gasteiger partial charge in [-0.1, -0.05) is 64.1 Å². The molecule has 0 aliphatic rings. The number of aromatic amines is 1. The summed E-state index contributed by atoms with van der Waals surface area (Å²) in [6.07, 6.45) is 0. The molecule has 0 saturated heterocycles. The number of hydrogen-bond acceptors (Lipinski definition) is 4. The number of nitrogens with zero attached hydrogens (tertiary/aromatic N) is 2. The molecule has 0 unspecified atom stereocenters. The third kappa shape index (κ3) is 4.43. The smallest absolute Gasteiger partial charge is 0.234 e. The minimum absolute atomic E-state index is 0.0980. The number of rotatable bonds is 5. The molecule has 0 atom stereocenters. The molecule has 3 rings (SSSR count). The lowest BCUT2D eigenvalue weighted by Crippen LogP contribution is -2.14. The Labute approximate surface area is 146 Å². The van der Waals surface area contributed by atoms with Crippen LogP contribution in [0.1, 0.15) is 0 Å². The van der Waals surface area contributed by atoms with Crippen LogP contribution >= 0.6 is 27.7 Å². The van der Waals surface area contributed by atoms with Gasteiger partial charge in [-0.05, 0) is 18.2 Å². The summed E-state index contributed by atoms with van der Waals surface area (Å²) in [6, 6.07) is 17.2. The Kier molecular flexibility index (Phi) is 5.09. The third-order valence-electron chi connectivity index (χ3n) is 2.95. The fourth-order valence-electron chi connectivity index (χ4n) is 1.93. The van der Waals surface area contributed by atoms with Gasteiger partial charge in [-0.3, -0.25) is 9.89 Å². The lowest BCUT2D eigenvalue weighted by atomic mass is 10.2. The summed E-state index contributed by atoms with van der Waals surface area (Å²) in [5, 5.41) is 10.4. The molecular weight excluding hydrogens is 376 g/mol. The normalized spacial score (nSPS) is 10.5. The van der Waals surface area contributed by atoms with Crippen LogP contribution in [0, 0.1) is 0 Å². The number of nitrogens with one attached hydrogen (secondary N) is 2. The van der Waals surface area contributed by atoms with Crippen molar-refractivity contribution in [2.45, 2.75) is 5.16 Å². The van der Waals surface area contributed by atoms with Crippen LogP contribution in [0.4, 0.5) is 5.69 Å². The molecule has 0 aliphatic carbocycles. The highest BCUT2D eigenvalue weighted by Gasteiger charge is 2.09. The lowest BCUT2D eigenvalue weighted by Gasteiger charge is -2.04. The molecule has 0 spiro atoms. The Morgan fingerprint density at radius 3 is 2.78 bits per heavy atom. The zero-order valence-corrected chi connectivity index (χ0v) is 14.4. The van der Waals surface area contributed by atoms with Gasteiger partial charge < -0.3 is 5.32 Å². The van der Waals surface area contributed by atoms with Crippen molar-refractivity contribution in [2.24, 2.45) is 0 Å². The van der Waals surface area contributed by atoms with Crippen LogP contribution in [-0.2, 0) is 4.79 Å². The Morgan fingerprint density at radius 1 is 1.17 bits per heavy atom. The summed E-state index contributed by atoms with van der Waals surface area (Å²) in [5.41, 5.74) is 1.72. The van der Waals surface area contributed by atoms with Gasteiger partial charge in [-0.2, -0.15) is 0 Å². The van der Waals surface area contributed by atoms with Crippen LogP contribution in [0.3, 0.4) is 0 Å². The zero-order valence-electron chi connectivity index (χ0n) is 12.0. The molecule has 1 amide bonds. The Hall–Kier alpha value is -2.12. The van der Waals surface area contributed by atoms with Gasteiger partial charge in [-0.25, -0.2) is 4.98 Å². The Balaban J connectivity index is 1.56. The molecule has 3 aromatic rings. The summed E-state index contributed by atoms with van der Waals surface area (Å²) in [5.74, 6) is 0.846. The number of halogens is 1. The second-order valence-electron chi connectivity index (χ2n) is 4.68. The van der Waals surface area contributed by atoms with E-state index in [-0.39, 0.29) is 11.7 Å². The van der Waals surface area contributed by atoms with Crippen molar-refractivity contribution in [1.29, 1.82) is 0 Å². The quantitative estimate of drug-likeness (QED) is 0.648. The van der Waals surface area contributed by atoms with Gasteiger partial charge in [-0.15, -0.1) is 5.10 Å². The molecule has 5 nitrogen and oxygen atoms in total. The number of aromatic nitrogens is 3. The minimum atomic E-state index is -0.0980. The molecule has 2 aromatic carbocycles. The number of H-pyrrole nitrogens is 1. The summed E-state index contributed by atoms with van der Waals surface area (Å²) in [4.78, 5) is 16.3. The van der Waals surface area contributed by atoms with Gasteiger partial charge in [0.2, 0.25) is 11.1 Å². The van der Waals surface area contributed by atoms with Crippen LogP contribution in [-0.4, -0.2) is 26.8 Å². The first-order valence-corrected chi connectivity index (χ1v) is 8.64. The van der Waals surface area contributed by atoms with Crippen LogP contribution in [0.2, 0.25) is 0 Å². The van der Waals surface area contributed by atoms with E-state index in [4.69, 9.17) is 0 Å². The third-order valence-corrected chi connectivity index (χ3v) is 4.29. The highest BCUT2D eigenvalue weighted by molar-refractivity contribution is 9.10. The standard InChI is InChI=1S/C16H13BrN4OS/c17-12-7-4-8-13(9-12)18-14(22)10-23-16-19-15(20-21-16)11-5-2-1-3-6-11/h1-9H,10H2,(H,18,22)(H,19,20,21). The summed E-state index contributed by atoms with van der Waals surface area (Å²) < 4.78 is 0.921. The highest BCUT2D eigenvalue weighted by atomic mass is 79.9. The first kappa shape index (κ1) is 15.8. The molecule has 0 radical (unpaired) electrons. The molecule has 0 fully saturated rings. The topological polar surface area (TPSA) is 70.7 Å². The monoisotopic (exact) mass is 388 g/mol. The van der Waals surface area contributed by atoms with E-state index in [0.29, 0.717) is 11.0 Å². The molecule has 0 saturated carbocycles. The van der Waals surface area contributed by atoms with Gasteiger partial charge in [0.25, 0.3) is 0 Å². The lowest BCUT2D eigenvalue weighted by molar-refractivity contribution is -0.113. The SMILES string of the molecule is O=C(CSc1n[nH]c(-c2ccccc2)n1)Nc1cccc(Br)c1. The van der Waals surface area contributed by atoms with E-state index in [9.17, 15) is 4.79 Å². The predicted molar refractivity (Wildman–Crippen MR) is 95.3 cm³/mol. The van der Waals surface area contributed by atoms with E-state index in [1.54, 1.807) is 0 Å². The van der Waals surface area contributed by atoms with E-state index >= 15 is 0 Å². The molecule has 116 valence electrons. The molecule has 0 aliphatic heterocycles. The van der Waals surface area contributed by atoms with Crippen molar-refractivity contribution < 1.29 is 4.79 Å². The zero-order chi connectivity index (χ0) is 16.1. The summed E-state index contributed by atoms with van der Waals surface area (Å²) in [6.45, 7) is 0. The van der Waals surface area contributed by atoms with Crippen LogP contribution in [0.5, 0.6) is 0 Å². The van der Waals surface area contributed by atoms with Crippen molar-refractivity contribution >= 4 is 39.3 Å². The van der Waals surface area contributed by atoms with Crippen molar-refractivity contribution in [1.82, 2.24) is 15.2 Å². The largest absolute Gasteiger partial charge is 0.325 e. The van der Waals surface area contributed by atoms with Gasteiger partial charge in [0.1, 0.15) is 0 Å². The van der Waals surface area contributed by atoms with Crippen LogP contribution in [0.25, 0.3) is 11.4 Å². The van der Waals surface area contributed by atoms with E-state index < -0.39 is 0 Å². The molecule has 23 heavy (non-hydrogen) atoms. The van der Waals surface area contributed by atoms with Crippen molar-refractivity contribution in [3.05, 3.63) is 59.1 Å². The maximum absolute atomic E-state index is 12.0. The van der Waals surface area contributed by atoms with Gasteiger partial charge >= 0.3 is 0 Å². The van der Waals surface area contributed by atoms with Crippen LogP contribution in [0.15, 0.2) is 64.2 Å². The molecule has 0 bridgehead atoms. The highest BCUT2D eigenvalue weighted by Crippen LogP contribution is 2.20.